The summed E-state index contributed by atoms with van der Waals surface area (Å²) in [5, 5.41) is 0. The Morgan fingerprint density at radius 3 is 2.31 bits per heavy atom. The molecule has 1 saturated carbocycles. The van der Waals surface area contributed by atoms with Crippen LogP contribution in [0.3, 0.4) is 0 Å². The van der Waals surface area contributed by atoms with Gasteiger partial charge >= 0.3 is 11.9 Å². The standard InChI is InChI=1S/C10H12O6/c1-5(11)16-9-4-7(12)6(3-8(9)13)10(14)15-2/h6,9H,3-4H2,1-2H3/t6-,9+/m1/s1. The van der Waals surface area contributed by atoms with Gasteiger partial charge in [-0.25, -0.2) is 0 Å². The van der Waals surface area contributed by atoms with Crippen molar-refractivity contribution in [1.29, 1.82) is 0 Å². The second-order valence-electron chi connectivity index (χ2n) is 3.51. The molecule has 1 rings (SSSR count). The Labute approximate surface area is 91.9 Å². The molecule has 0 amide bonds. The van der Waals surface area contributed by atoms with Gasteiger partial charge in [-0.3, -0.25) is 19.2 Å². The number of carbonyl (C=O) groups excluding carboxylic acids is 4. The molecule has 0 bridgehead atoms. The van der Waals surface area contributed by atoms with Gasteiger partial charge in [-0.15, -0.1) is 0 Å². The van der Waals surface area contributed by atoms with Crippen molar-refractivity contribution in [2.24, 2.45) is 5.92 Å². The average molecular weight is 228 g/mol. The van der Waals surface area contributed by atoms with Gasteiger partial charge < -0.3 is 9.47 Å². The first-order chi connectivity index (χ1) is 7.45. The van der Waals surface area contributed by atoms with Crippen LogP contribution in [0.1, 0.15) is 19.8 Å². The van der Waals surface area contributed by atoms with E-state index in [2.05, 4.69) is 9.47 Å². The molecule has 6 nitrogen and oxygen atoms in total. The third kappa shape index (κ3) is 2.65. The summed E-state index contributed by atoms with van der Waals surface area (Å²) in [6.07, 6.45) is -1.56. The van der Waals surface area contributed by atoms with Crippen molar-refractivity contribution in [3.63, 3.8) is 0 Å². The molecule has 1 fully saturated rings. The van der Waals surface area contributed by atoms with Gasteiger partial charge in [0.2, 0.25) is 0 Å². The fraction of sp³-hybridized carbons (Fsp3) is 0.600. The Hall–Kier alpha value is -1.72. The number of carbonyl (C=O) groups is 4. The van der Waals surface area contributed by atoms with Gasteiger partial charge in [0.05, 0.1) is 13.5 Å². The van der Waals surface area contributed by atoms with E-state index in [0.717, 1.165) is 14.0 Å². The SMILES string of the molecule is COC(=O)[C@@H]1CC(=O)[C@@H](OC(C)=O)CC1=O. The maximum Gasteiger partial charge on any atom is 0.316 e. The first-order valence-electron chi connectivity index (χ1n) is 4.76. The van der Waals surface area contributed by atoms with Crippen LogP contribution < -0.4 is 0 Å². The molecule has 0 aromatic heterocycles. The van der Waals surface area contributed by atoms with Crippen LogP contribution in [-0.4, -0.2) is 36.7 Å². The lowest BCUT2D eigenvalue weighted by molar-refractivity contribution is -0.162. The zero-order chi connectivity index (χ0) is 12.3. The number of rotatable bonds is 2. The number of Topliss-reactive ketones (excluding diaryl/α,β-unsaturated/α-hetero) is 2. The van der Waals surface area contributed by atoms with Crippen molar-refractivity contribution in [2.75, 3.05) is 7.11 Å². The summed E-state index contributed by atoms with van der Waals surface area (Å²) >= 11 is 0. The number of hydrogen-bond acceptors (Lipinski definition) is 6. The van der Waals surface area contributed by atoms with Gasteiger partial charge in [0.15, 0.2) is 17.7 Å². The molecule has 0 unspecified atom stereocenters. The average Bonchev–Trinajstić information content (AvgIpc) is 2.21. The van der Waals surface area contributed by atoms with Gasteiger partial charge in [0.25, 0.3) is 0 Å². The van der Waals surface area contributed by atoms with E-state index in [1.165, 1.54) is 0 Å². The van der Waals surface area contributed by atoms with Gasteiger partial charge in [-0.2, -0.15) is 0 Å². The number of esters is 2. The lowest BCUT2D eigenvalue weighted by Gasteiger charge is -2.24. The minimum atomic E-state index is -1.05. The molecule has 0 aromatic carbocycles. The first kappa shape index (κ1) is 12.4. The third-order valence-corrected chi connectivity index (χ3v) is 2.33. The fourth-order valence-electron chi connectivity index (χ4n) is 1.55. The van der Waals surface area contributed by atoms with E-state index in [9.17, 15) is 19.2 Å². The number of hydrogen-bond donors (Lipinski definition) is 0. The van der Waals surface area contributed by atoms with Crippen LogP contribution >= 0.6 is 0 Å². The summed E-state index contributed by atoms with van der Waals surface area (Å²) in [4.78, 5) is 44.8. The molecule has 0 spiro atoms. The van der Waals surface area contributed by atoms with E-state index in [1.807, 2.05) is 0 Å². The summed E-state index contributed by atoms with van der Waals surface area (Å²) in [5.74, 6) is -3.26. The maximum absolute atomic E-state index is 11.5. The molecule has 1 aliphatic carbocycles. The Kier molecular flexibility index (Phi) is 3.76. The molecule has 0 saturated heterocycles. The van der Waals surface area contributed by atoms with Crippen molar-refractivity contribution < 1.29 is 28.7 Å². The molecule has 0 aliphatic heterocycles. The van der Waals surface area contributed by atoms with E-state index >= 15 is 0 Å². The highest BCUT2D eigenvalue weighted by molar-refractivity contribution is 6.08. The second-order valence-corrected chi connectivity index (χ2v) is 3.51. The highest BCUT2D eigenvalue weighted by Gasteiger charge is 2.40. The Balaban J connectivity index is 2.70. The van der Waals surface area contributed by atoms with Crippen molar-refractivity contribution >= 4 is 23.5 Å². The zero-order valence-electron chi connectivity index (χ0n) is 9.02. The Morgan fingerprint density at radius 1 is 1.19 bits per heavy atom. The number of ether oxygens (including phenoxy) is 2. The third-order valence-electron chi connectivity index (χ3n) is 2.33. The second kappa shape index (κ2) is 4.87. The van der Waals surface area contributed by atoms with E-state index in [4.69, 9.17) is 0 Å². The van der Waals surface area contributed by atoms with Crippen LogP contribution in [0.25, 0.3) is 0 Å². The highest BCUT2D eigenvalue weighted by Crippen LogP contribution is 2.21. The summed E-state index contributed by atoms with van der Waals surface area (Å²) in [5.41, 5.74) is 0. The Bertz CT molecular complexity index is 345. The molecule has 1 aliphatic rings. The fourth-order valence-corrected chi connectivity index (χ4v) is 1.55. The van der Waals surface area contributed by atoms with E-state index in [1.54, 1.807) is 0 Å². The topological polar surface area (TPSA) is 86.7 Å². The van der Waals surface area contributed by atoms with Crippen LogP contribution in [-0.2, 0) is 28.7 Å². The maximum atomic E-state index is 11.5. The van der Waals surface area contributed by atoms with Gasteiger partial charge in [0, 0.05) is 13.3 Å². The molecule has 0 radical (unpaired) electrons. The molecule has 0 aromatic rings. The van der Waals surface area contributed by atoms with Crippen LogP contribution in [0, 0.1) is 5.92 Å². The molecule has 6 heteroatoms. The molecular weight excluding hydrogens is 216 g/mol. The molecule has 0 N–H and O–H groups in total. The van der Waals surface area contributed by atoms with Crippen molar-refractivity contribution in [3.05, 3.63) is 0 Å². The van der Waals surface area contributed by atoms with E-state index < -0.39 is 35.5 Å². The van der Waals surface area contributed by atoms with Gasteiger partial charge in [0.1, 0.15) is 5.92 Å². The molecule has 2 atom stereocenters. The molecule has 0 heterocycles. The molecule has 16 heavy (non-hydrogen) atoms. The lowest BCUT2D eigenvalue weighted by Crippen LogP contribution is -2.41. The molecular formula is C10H12O6. The highest BCUT2D eigenvalue weighted by atomic mass is 16.5. The summed E-state index contributed by atoms with van der Waals surface area (Å²) in [6.45, 7) is 1.16. The largest absolute Gasteiger partial charge is 0.468 e. The first-order valence-corrected chi connectivity index (χ1v) is 4.76. The Morgan fingerprint density at radius 2 is 1.81 bits per heavy atom. The zero-order valence-corrected chi connectivity index (χ0v) is 9.02. The monoisotopic (exact) mass is 228 g/mol. The summed E-state index contributed by atoms with van der Waals surface area (Å²) in [7, 11) is 1.15. The normalized spacial score (nSPS) is 25.1. The minimum Gasteiger partial charge on any atom is -0.468 e. The quantitative estimate of drug-likeness (QED) is 0.473. The van der Waals surface area contributed by atoms with E-state index in [-0.39, 0.29) is 12.8 Å². The van der Waals surface area contributed by atoms with E-state index in [0.29, 0.717) is 0 Å². The summed E-state index contributed by atoms with van der Waals surface area (Å²) < 4.78 is 9.08. The van der Waals surface area contributed by atoms with Crippen molar-refractivity contribution in [3.8, 4) is 0 Å². The minimum absolute atomic E-state index is 0.252. The molecule has 88 valence electrons. The summed E-state index contributed by atoms with van der Waals surface area (Å²) in [6, 6.07) is 0. The predicted octanol–water partition coefficient (Wildman–Crippen LogP) is -0.361. The van der Waals surface area contributed by atoms with Gasteiger partial charge in [-0.1, -0.05) is 0 Å². The number of methoxy groups -OCH3 is 1. The smallest absolute Gasteiger partial charge is 0.316 e. The van der Waals surface area contributed by atoms with Crippen LogP contribution in [0.2, 0.25) is 0 Å². The van der Waals surface area contributed by atoms with Crippen LogP contribution in [0.15, 0.2) is 0 Å². The predicted molar refractivity (Wildman–Crippen MR) is 50.3 cm³/mol. The van der Waals surface area contributed by atoms with Crippen LogP contribution in [0.5, 0.6) is 0 Å². The number of ketones is 2. The van der Waals surface area contributed by atoms with Gasteiger partial charge in [-0.05, 0) is 0 Å². The lowest BCUT2D eigenvalue weighted by atomic mass is 9.85. The van der Waals surface area contributed by atoms with Crippen molar-refractivity contribution in [1.82, 2.24) is 0 Å². The van der Waals surface area contributed by atoms with Crippen LogP contribution in [0.4, 0.5) is 0 Å². The van der Waals surface area contributed by atoms with Crippen molar-refractivity contribution in [2.45, 2.75) is 25.9 Å².